The van der Waals surface area contributed by atoms with Crippen molar-refractivity contribution in [3.63, 3.8) is 0 Å². The Hall–Kier alpha value is -2.37. The summed E-state index contributed by atoms with van der Waals surface area (Å²) in [7, 11) is 1.71. The number of carbonyl (C=O) groups is 1. The van der Waals surface area contributed by atoms with Crippen LogP contribution < -0.4 is 20.7 Å². The number of anilines is 1. The Morgan fingerprint density at radius 2 is 2.04 bits per heavy atom. The predicted molar refractivity (Wildman–Crippen MR) is 107 cm³/mol. The SMILES string of the molecule is COc1cc2c(cc1CNC1CCCN[C@H]1c1ccccc1)NC(=O)CC2. The van der Waals surface area contributed by atoms with Crippen LogP contribution in [0.15, 0.2) is 42.5 Å². The summed E-state index contributed by atoms with van der Waals surface area (Å²) < 4.78 is 5.62. The Balaban J connectivity index is 1.51. The first-order chi connectivity index (χ1) is 13.2. The second-order valence-corrected chi connectivity index (χ2v) is 7.34. The predicted octanol–water partition coefficient (Wildman–Crippen LogP) is 3.16. The van der Waals surface area contributed by atoms with E-state index in [-0.39, 0.29) is 5.91 Å². The lowest BCUT2D eigenvalue weighted by molar-refractivity contribution is -0.116. The first-order valence-electron chi connectivity index (χ1n) is 9.76. The number of hydrogen-bond acceptors (Lipinski definition) is 4. The molecular weight excluding hydrogens is 338 g/mol. The molecule has 2 atom stereocenters. The number of nitrogens with one attached hydrogen (secondary N) is 3. The standard InChI is InChI=1S/C22H27N3O2/c1-27-20-13-16-9-10-21(26)25-19(16)12-17(20)14-24-18-8-5-11-23-22(18)15-6-3-2-4-7-15/h2-4,6-7,12-13,18,22-24H,5,8-11,14H2,1H3,(H,25,26)/t18?,22-/m0/s1. The van der Waals surface area contributed by atoms with Crippen molar-refractivity contribution in [2.75, 3.05) is 19.0 Å². The molecule has 0 aromatic heterocycles. The van der Waals surface area contributed by atoms with Crippen LogP contribution in [0.25, 0.3) is 0 Å². The molecule has 142 valence electrons. The number of carbonyl (C=O) groups excluding carboxylic acids is 1. The van der Waals surface area contributed by atoms with Gasteiger partial charge in [-0.1, -0.05) is 30.3 Å². The van der Waals surface area contributed by atoms with Gasteiger partial charge in [0, 0.05) is 36.3 Å². The summed E-state index contributed by atoms with van der Waals surface area (Å²) in [4.78, 5) is 11.7. The van der Waals surface area contributed by atoms with Gasteiger partial charge in [-0.05, 0) is 49.1 Å². The van der Waals surface area contributed by atoms with Crippen LogP contribution in [0.2, 0.25) is 0 Å². The molecule has 1 fully saturated rings. The maximum absolute atomic E-state index is 11.7. The molecule has 5 heteroatoms. The zero-order valence-corrected chi connectivity index (χ0v) is 15.8. The van der Waals surface area contributed by atoms with E-state index in [1.54, 1.807) is 7.11 Å². The molecule has 2 aromatic rings. The summed E-state index contributed by atoms with van der Waals surface area (Å²) in [5.41, 5.74) is 4.47. The first-order valence-corrected chi connectivity index (χ1v) is 9.76. The highest BCUT2D eigenvalue weighted by atomic mass is 16.5. The quantitative estimate of drug-likeness (QED) is 0.762. The maximum atomic E-state index is 11.7. The Kier molecular flexibility index (Phi) is 5.41. The van der Waals surface area contributed by atoms with Crippen molar-refractivity contribution in [1.29, 1.82) is 0 Å². The Morgan fingerprint density at radius 1 is 1.19 bits per heavy atom. The second-order valence-electron chi connectivity index (χ2n) is 7.34. The van der Waals surface area contributed by atoms with Gasteiger partial charge in [-0.2, -0.15) is 0 Å². The molecule has 27 heavy (non-hydrogen) atoms. The molecule has 5 nitrogen and oxygen atoms in total. The lowest BCUT2D eigenvalue weighted by atomic mass is 9.92. The van der Waals surface area contributed by atoms with Crippen LogP contribution in [0, 0.1) is 0 Å². The molecule has 1 amide bonds. The third kappa shape index (κ3) is 3.99. The number of amides is 1. The van der Waals surface area contributed by atoms with Gasteiger partial charge < -0.3 is 20.7 Å². The molecule has 2 aliphatic rings. The van der Waals surface area contributed by atoms with E-state index < -0.39 is 0 Å². The molecule has 2 aliphatic heterocycles. The van der Waals surface area contributed by atoms with E-state index in [2.05, 4.69) is 58.4 Å². The molecule has 0 radical (unpaired) electrons. The zero-order chi connectivity index (χ0) is 18.6. The molecule has 4 rings (SSSR count). The fraction of sp³-hybridized carbons (Fsp3) is 0.409. The largest absolute Gasteiger partial charge is 0.496 e. The van der Waals surface area contributed by atoms with Crippen LogP contribution in [0.3, 0.4) is 0 Å². The van der Waals surface area contributed by atoms with E-state index >= 15 is 0 Å². The number of methoxy groups -OCH3 is 1. The number of hydrogen-bond donors (Lipinski definition) is 3. The number of fused-ring (bicyclic) bond motifs is 1. The fourth-order valence-electron chi connectivity index (χ4n) is 4.14. The molecule has 0 bridgehead atoms. The van der Waals surface area contributed by atoms with Gasteiger partial charge in [0.2, 0.25) is 5.91 Å². The van der Waals surface area contributed by atoms with Crippen LogP contribution in [-0.2, 0) is 17.8 Å². The maximum Gasteiger partial charge on any atom is 0.224 e. The summed E-state index contributed by atoms with van der Waals surface area (Å²) in [5, 5.41) is 10.4. The van der Waals surface area contributed by atoms with E-state index in [4.69, 9.17) is 4.74 Å². The molecular formula is C22H27N3O2. The van der Waals surface area contributed by atoms with E-state index in [0.29, 0.717) is 25.0 Å². The summed E-state index contributed by atoms with van der Waals surface area (Å²) in [6.45, 7) is 1.76. The van der Waals surface area contributed by atoms with Gasteiger partial charge in [0.1, 0.15) is 5.75 Å². The van der Waals surface area contributed by atoms with Gasteiger partial charge in [0.05, 0.1) is 7.11 Å². The number of rotatable bonds is 5. The minimum atomic E-state index is 0.0900. The number of ether oxygens (including phenoxy) is 1. The van der Waals surface area contributed by atoms with E-state index in [0.717, 1.165) is 42.0 Å². The van der Waals surface area contributed by atoms with Crippen LogP contribution in [-0.4, -0.2) is 25.6 Å². The third-order valence-electron chi connectivity index (χ3n) is 5.57. The van der Waals surface area contributed by atoms with Gasteiger partial charge in [-0.25, -0.2) is 0 Å². The number of benzene rings is 2. The minimum Gasteiger partial charge on any atom is -0.496 e. The average molecular weight is 365 g/mol. The van der Waals surface area contributed by atoms with Crippen LogP contribution in [0.5, 0.6) is 5.75 Å². The second kappa shape index (κ2) is 8.11. The minimum absolute atomic E-state index is 0.0900. The van der Waals surface area contributed by atoms with Crippen molar-refractivity contribution in [3.8, 4) is 5.75 Å². The molecule has 2 aromatic carbocycles. The average Bonchev–Trinajstić information content (AvgIpc) is 2.72. The van der Waals surface area contributed by atoms with Crippen LogP contribution in [0.4, 0.5) is 5.69 Å². The van der Waals surface area contributed by atoms with Crippen molar-refractivity contribution in [2.24, 2.45) is 0 Å². The van der Waals surface area contributed by atoms with Crippen LogP contribution in [0.1, 0.15) is 42.0 Å². The molecule has 3 N–H and O–H groups in total. The van der Waals surface area contributed by atoms with E-state index in [9.17, 15) is 4.79 Å². The van der Waals surface area contributed by atoms with E-state index in [1.807, 2.05) is 0 Å². The summed E-state index contributed by atoms with van der Waals surface area (Å²) in [6.07, 6.45) is 3.61. The number of aryl methyl sites for hydroxylation is 1. The lowest BCUT2D eigenvalue weighted by Crippen LogP contribution is -2.45. The Labute approximate surface area is 160 Å². The molecule has 0 saturated carbocycles. The van der Waals surface area contributed by atoms with Crippen molar-refractivity contribution < 1.29 is 9.53 Å². The molecule has 0 aliphatic carbocycles. The fourth-order valence-corrected chi connectivity index (χ4v) is 4.14. The normalized spacial score (nSPS) is 22.0. The highest BCUT2D eigenvalue weighted by Crippen LogP contribution is 2.31. The lowest BCUT2D eigenvalue weighted by Gasteiger charge is -2.34. The monoisotopic (exact) mass is 365 g/mol. The van der Waals surface area contributed by atoms with Crippen molar-refractivity contribution in [2.45, 2.75) is 44.3 Å². The molecule has 0 spiro atoms. The summed E-state index contributed by atoms with van der Waals surface area (Å²) in [5.74, 6) is 0.977. The molecule has 1 unspecified atom stereocenters. The van der Waals surface area contributed by atoms with Crippen molar-refractivity contribution in [1.82, 2.24) is 10.6 Å². The van der Waals surface area contributed by atoms with Gasteiger partial charge in [-0.3, -0.25) is 4.79 Å². The van der Waals surface area contributed by atoms with Crippen LogP contribution >= 0.6 is 0 Å². The van der Waals surface area contributed by atoms with Gasteiger partial charge in [-0.15, -0.1) is 0 Å². The topological polar surface area (TPSA) is 62.4 Å². The molecule has 2 heterocycles. The summed E-state index contributed by atoms with van der Waals surface area (Å²) >= 11 is 0. The molecule has 1 saturated heterocycles. The summed E-state index contributed by atoms with van der Waals surface area (Å²) in [6, 6.07) is 15.4. The Morgan fingerprint density at radius 3 is 2.85 bits per heavy atom. The number of piperidine rings is 1. The van der Waals surface area contributed by atoms with Gasteiger partial charge in [0.25, 0.3) is 0 Å². The Bertz CT molecular complexity index is 807. The van der Waals surface area contributed by atoms with Crippen molar-refractivity contribution >= 4 is 11.6 Å². The zero-order valence-electron chi connectivity index (χ0n) is 15.8. The van der Waals surface area contributed by atoms with Crippen molar-refractivity contribution in [3.05, 3.63) is 59.2 Å². The van der Waals surface area contributed by atoms with E-state index in [1.165, 1.54) is 12.0 Å². The first kappa shape index (κ1) is 18.0. The highest BCUT2D eigenvalue weighted by molar-refractivity contribution is 5.94. The third-order valence-corrected chi connectivity index (χ3v) is 5.57. The highest BCUT2D eigenvalue weighted by Gasteiger charge is 2.26. The van der Waals surface area contributed by atoms with Gasteiger partial charge >= 0.3 is 0 Å². The van der Waals surface area contributed by atoms with Gasteiger partial charge in [0.15, 0.2) is 0 Å². The smallest absolute Gasteiger partial charge is 0.224 e.